The van der Waals surface area contributed by atoms with Gasteiger partial charge in [-0.05, 0) is 37.8 Å². The number of fused-ring (bicyclic) bond motifs is 1. The lowest BCUT2D eigenvalue weighted by molar-refractivity contribution is -0.118. The quantitative estimate of drug-likeness (QED) is 0.394. The number of sulfone groups is 1. The number of nitrogens with one attached hydrogen (secondary N) is 2. The van der Waals surface area contributed by atoms with Crippen LogP contribution in [0.2, 0.25) is 0 Å². The van der Waals surface area contributed by atoms with Gasteiger partial charge in [-0.1, -0.05) is 18.2 Å². The van der Waals surface area contributed by atoms with E-state index in [9.17, 15) is 13.2 Å². The summed E-state index contributed by atoms with van der Waals surface area (Å²) in [5.74, 6) is 0.908. The molecular weight excluding hydrogens is 364 g/mol. The number of guanidine groups is 1. The molecular formula is C19H30N4O3S. The van der Waals surface area contributed by atoms with Crippen molar-refractivity contribution in [3.8, 4) is 0 Å². The predicted molar refractivity (Wildman–Crippen MR) is 110 cm³/mol. The fourth-order valence-electron chi connectivity index (χ4n) is 3.07. The van der Waals surface area contributed by atoms with Crippen molar-refractivity contribution < 1.29 is 13.2 Å². The van der Waals surface area contributed by atoms with Crippen LogP contribution in [0.1, 0.15) is 31.7 Å². The summed E-state index contributed by atoms with van der Waals surface area (Å²) in [6.07, 6.45) is 3.86. The van der Waals surface area contributed by atoms with E-state index in [2.05, 4.69) is 21.7 Å². The summed E-state index contributed by atoms with van der Waals surface area (Å²) in [5.41, 5.74) is 2.27. The lowest BCUT2D eigenvalue weighted by atomic mass is 10.2. The number of hydrogen-bond acceptors (Lipinski definition) is 4. The van der Waals surface area contributed by atoms with Crippen molar-refractivity contribution in [2.75, 3.05) is 37.0 Å². The summed E-state index contributed by atoms with van der Waals surface area (Å²) < 4.78 is 22.5. The van der Waals surface area contributed by atoms with Crippen LogP contribution >= 0.6 is 0 Å². The number of aliphatic imine (C=N–C) groups is 1. The van der Waals surface area contributed by atoms with Gasteiger partial charge in [0.25, 0.3) is 0 Å². The molecule has 0 fully saturated rings. The molecule has 1 amide bonds. The van der Waals surface area contributed by atoms with Crippen molar-refractivity contribution in [1.29, 1.82) is 0 Å². The van der Waals surface area contributed by atoms with Crippen LogP contribution < -0.4 is 15.5 Å². The lowest BCUT2D eigenvalue weighted by Gasteiger charge is -2.19. The molecule has 0 saturated carbocycles. The van der Waals surface area contributed by atoms with Crippen molar-refractivity contribution in [3.05, 3.63) is 29.8 Å². The fraction of sp³-hybridized carbons (Fsp3) is 0.579. The highest BCUT2D eigenvalue weighted by atomic mass is 32.2. The highest BCUT2D eigenvalue weighted by Gasteiger charge is 2.23. The van der Waals surface area contributed by atoms with Gasteiger partial charge in [0, 0.05) is 44.5 Å². The number of anilines is 1. The normalized spacial score (nSPS) is 15.4. The van der Waals surface area contributed by atoms with Crippen molar-refractivity contribution in [2.24, 2.45) is 4.99 Å². The maximum atomic E-state index is 12.5. The Bertz CT molecular complexity index is 777. The molecule has 7 nitrogen and oxygen atoms in total. The second-order valence-corrected chi connectivity index (χ2v) is 9.25. The first kappa shape index (κ1) is 21.2. The Morgan fingerprint density at radius 3 is 2.78 bits per heavy atom. The van der Waals surface area contributed by atoms with E-state index < -0.39 is 9.84 Å². The smallest absolute Gasteiger partial charge is 0.227 e. The molecule has 8 heteroatoms. The maximum absolute atomic E-state index is 12.5. The van der Waals surface area contributed by atoms with Crippen LogP contribution in [0.15, 0.2) is 29.3 Å². The number of nitrogens with zero attached hydrogens (tertiary/aromatic N) is 2. The molecule has 0 aliphatic carbocycles. The largest absolute Gasteiger partial charge is 0.356 e. The van der Waals surface area contributed by atoms with Gasteiger partial charge in [-0.25, -0.2) is 8.42 Å². The summed E-state index contributed by atoms with van der Waals surface area (Å²) in [7, 11) is -1.29. The molecule has 1 aliphatic rings. The Kier molecular flexibility index (Phi) is 7.65. The molecule has 0 saturated heterocycles. The van der Waals surface area contributed by atoms with E-state index in [-0.39, 0.29) is 17.7 Å². The number of carbonyl (C=O) groups excluding carboxylic acids is 1. The maximum Gasteiger partial charge on any atom is 0.227 e. The number of hydrogen-bond donors (Lipinski definition) is 2. The SMILES string of the molecule is CN=C(NCCCC(=O)N1CCc2ccccc21)NC(C)CCS(C)(=O)=O. The highest BCUT2D eigenvalue weighted by Crippen LogP contribution is 2.27. The van der Waals surface area contributed by atoms with Gasteiger partial charge in [-0.3, -0.25) is 9.79 Å². The van der Waals surface area contributed by atoms with Gasteiger partial charge in [-0.2, -0.15) is 0 Å². The molecule has 1 aromatic carbocycles. The summed E-state index contributed by atoms with van der Waals surface area (Å²) in [5, 5.41) is 6.36. The van der Waals surface area contributed by atoms with Crippen LogP contribution in [-0.2, 0) is 21.1 Å². The highest BCUT2D eigenvalue weighted by molar-refractivity contribution is 7.90. The number of amides is 1. The van der Waals surface area contributed by atoms with E-state index in [4.69, 9.17) is 0 Å². The molecule has 1 aliphatic heterocycles. The van der Waals surface area contributed by atoms with Gasteiger partial charge in [-0.15, -0.1) is 0 Å². The van der Waals surface area contributed by atoms with Crippen LogP contribution in [0.25, 0.3) is 0 Å². The third-order valence-corrected chi connectivity index (χ3v) is 5.55. The molecule has 0 bridgehead atoms. The van der Waals surface area contributed by atoms with Gasteiger partial charge in [0.15, 0.2) is 5.96 Å². The van der Waals surface area contributed by atoms with Crippen LogP contribution in [0.5, 0.6) is 0 Å². The first-order chi connectivity index (χ1) is 12.8. The monoisotopic (exact) mass is 394 g/mol. The van der Waals surface area contributed by atoms with E-state index in [0.29, 0.717) is 31.8 Å². The molecule has 150 valence electrons. The van der Waals surface area contributed by atoms with Gasteiger partial charge >= 0.3 is 0 Å². The third-order valence-electron chi connectivity index (χ3n) is 4.58. The van der Waals surface area contributed by atoms with Crippen LogP contribution in [-0.4, -0.2) is 58.5 Å². The Labute approximate surface area is 162 Å². The van der Waals surface area contributed by atoms with Crippen molar-refractivity contribution in [1.82, 2.24) is 10.6 Å². The number of rotatable bonds is 8. The summed E-state index contributed by atoms with van der Waals surface area (Å²) >= 11 is 0. The van der Waals surface area contributed by atoms with Crippen molar-refractivity contribution >= 4 is 27.4 Å². The van der Waals surface area contributed by atoms with Gasteiger partial charge in [0.1, 0.15) is 9.84 Å². The van der Waals surface area contributed by atoms with E-state index >= 15 is 0 Å². The molecule has 1 atom stereocenters. The van der Waals surface area contributed by atoms with Crippen LogP contribution in [0.4, 0.5) is 5.69 Å². The molecule has 2 rings (SSSR count). The molecule has 1 aromatic rings. The van der Waals surface area contributed by atoms with E-state index in [1.807, 2.05) is 30.0 Å². The third kappa shape index (κ3) is 6.86. The topological polar surface area (TPSA) is 90.9 Å². The minimum absolute atomic E-state index is 0.00587. The number of carbonyl (C=O) groups is 1. The van der Waals surface area contributed by atoms with Gasteiger partial charge < -0.3 is 15.5 Å². The van der Waals surface area contributed by atoms with E-state index in [1.165, 1.54) is 11.8 Å². The van der Waals surface area contributed by atoms with Gasteiger partial charge in [0.2, 0.25) is 5.91 Å². The Morgan fingerprint density at radius 2 is 2.07 bits per heavy atom. The second-order valence-electron chi connectivity index (χ2n) is 6.99. The van der Waals surface area contributed by atoms with Gasteiger partial charge in [0.05, 0.1) is 5.75 Å². The minimum atomic E-state index is -2.96. The second kappa shape index (κ2) is 9.73. The van der Waals surface area contributed by atoms with E-state index in [1.54, 1.807) is 7.05 Å². The Hall–Kier alpha value is -2.09. The number of benzene rings is 1. The molecule has 0 spiro atoms. The average Bonchev–Trinajstić information content (AvgIpc) is 3.06. The Morgan fingerprint density at radius 1 is 1.33 bits per heavy atom. The van der Waals surface area contributed by atoms with E-state index in [0.717, 1.165) is 18.7 Å². The molecule has 0 aromatic heterocycles. The first-order valence-electron chi connectivity index (χ1n) is 9.33. The summed E-state index contributed by atoms with van der Waals surface area (Å²) in [4.78, 5) is 18.5. The zero-order valence-electron chi connectivity index (χ0n) is 16.4. The Balaban J connectivity index is 1.70. The number of para-hydroxylation sites is 1. The zero-order chi connectivity index (χ0) is 19.9. The summed E-state index contributed by atoms with van der Waals surface area (Å²) in [6.45, 7) is 3.30. The molecule has 27 heavy (non-hydrogen) atoms. The lowest BCUT2D eigenvalue weighted by Crippen LogP contribution is -2.43. The molecule has 2 N–H and O–H groups in total. The fourth-order valence-corrected chi connectivity index (χ4v) is 3.85. The summed E-state index contributed by atoms with van der Waals surface area (Å²) in [6, 6.07) is 8.04. The average molecular weight is 395 g/mol. The minimum Gasteiger partial charge on any atom is -0.356 e. The van der Waals surface area contributed by atoms with Crippen molar-refractivity contribution in [2.45, 2.75) is 38.6 Å². The zero-order valence-corrected chi connectivity index (χ0v) is 17.2. The van der Waals surface area contributed by atoms with Crippen LogP contribution in [0, 0.1) is 0 Å². The standard InChI is InChI=1S/C19H30N4O3S/c1-15(11-14-27(3,25)26)22-19(20-2)21-12-6-9-18(24)23-13-10-16-7-4-5-8-17(16)23/h4-5,7-8,15H,6,9-14H2,1-3H3,(H2,20,21,22). The molecule has 0 radical (unpaired) electrons. The predicted octanol–water partition coefficient (Wildman–Crippen LogP) is 1.34. The molecule has 1 unspecified atom stereocenters. The first-order valence-corrected chi connectivity index (χ1v) is 11.4. The van der Waals surface area contributed by atoms with Crippen molar-refractivity contribution in [3.63, 3.8) is 0 Å². The van der Waals surface area contributed by atoms with Crippen LogP contribution in [0.3, 0.4) is 0 Å². The molecule has 1 heterocycles.